The molecule has 9 heteroatoms. The number of phenolic OH excluding ortho intramolecular Hbond substituents is 1. The topological polar surface area (TPSA) is 108 Å². The SMILES string of the molecule is Cc1cc(C(C(=O)Nc2c(C)cccc2C)N(C)C(=O)C(CS)NC(=O)OC(C)(C)C)ccc1O. The number of nitrogens with zero attached hydrogens (tertiary/aromatic N) is 1. The summed E-state index contributed by atoms with van der Waals surface area (Å²) in [6, 6.07) is 8.35. The highest BCUT2D eigenvalue weighted by Crippen LogP contribution is 2.28. The third-order valence-electron chi connectivity index (χ3n) is 5.42. The van der Waals surface area contributed by atoms with Crippen LogP contribution in [0.2, 0.25) is 0 Å². The van der Waals surface area contributed by atoms with Gasteiger partial charge in [-0.2, -0.15) is 12.6 Å². The van der Waals surface area contributed by atoms with Crippen LogP contribution in [0.15, 0.2) is 36.4 Å². The minimum Gasteiger partial charge on any atom is -0.508 e. The number of carbonyl (C=O) groups excluding carboxylic acids is 3. The second-order valence-corrected chi connectivity index (χ2v) is 9.90. The van der Waals surface area contributed by atoms with Crippen molar-refractivity contribution in [3.8, 4) is 5.75 Å². The number of hydrogen-bond acceptors (Lipinski definition) is 6. The van der Waals surface area contributed by atoms with E-state index in [9.17, 15) is 19.5 Å². The summed E-state index contributed by atoms with van der Waals surface area (Å²) in [4.78, 5) is 40.5. The van der Waals surface area contributed by atoms with Crippen molar-refractivity contribution in [2.75, 3.05) is 18.1 Å². The van der Waals surface area contributed by atoms with Gasteiger partial charge in [0.1, 0.15) is 23.4 Å². The van der Waals surface area contributed by atoms with Crippen molar-refractivity contribution in [3.05, 3.63) is 58.7 Å². The summed E-state index contributed by atoms with van der Waals surface area (Å²) in [7, 11) is 1.49. The molecule has 0 aliphatic rings. The Morgan fingerprint density at radius 1 is 1.06 bits per heavy atom. The first-order valence-corrected chi connectivity index (χ1v) is 11.9. The van der Waals surface area contributed by atoms with Crippen LogP contribution < -0.4 is 10.6 Å². The fourth-order valence-electron chi connectivity index (χ4n) is 3.61. The number of anilines is 1. The van der Waals surface area contributed by atoms with Crippen LogP contribution >= 0.6 is 12.6 Å². The second-order valence-electron chi connectivity index (χ2n) is 9.54. The Morgan fingerprint density at radius 2 is 1.66 bits per heavy atom. The van der Waals surface area contributed by atoms with Gasteiger partial charge in [-0.3, -0.25) is 9.59 Å². The number of rotatable bonds is 7. The van der Waals surface area contributed by atoms with E-state index < -0.39 is 35.6 Å². The first kappa shape index (κ1) is 28.0. The molecule has 0 saturated heterocycles. The Bertz CT molecular complexity index is 1080. The smallest absolute Gasteiger partial charge is 0.408 e. The van der Waals surface area contributed by atoms with E-state index in [4.69, 9.17) is 4.74 Å². The number of phenols is 1. The van der Waals surface area contributed by atoms with E-state index in [1.165, 1.54) is 18.0 Å². The van der Waals surface area contributed by atoms with E-state index in [0.29, 0.717) is 16.8 Å². The summed E-state index contributed by atoms with van der Waals surface area (Å²) in [5, 5.41) is 15.5. The molecule has 3 amide bonds. The van der Waals surface area contributed by atoms with Gasteiger partial charge in [0.2, 0.25) is 5.91 Å². The van der Waals surface area contributed by atoms with E-state index >= 15 is 0 Å². The quantitative estimate of drug-likeness (QED) is 0.424. The molecular weight excluding hydrogens is 466 g/mol. The molecule has 2 aromatic rings. The van der Waals surface area contributed by atoms with E-state index in [1.54, 1.807) is 39.8 Å². The molecule has 0 saturated carbocycles. The number of ether oxygens (including phenoxy) is 1. The summed E-state index contributed by atoms with van der Waals surface area (Å²) in [5.74, 6) is -0.865. The molecule has 35 heavy (non-hydrogen) atoms. The molecule has 8 nitrogen and oxygen atoms in total. The van der Waals surface area contributed by atoms with Gasteiger partial charge in [-0.05, 0) is 75.9 Å². The third kappa shape index (κ3) is 7.39. The molecule has 0 bridgehead atoms. The lowest BCUT2D eigenvalue weighted by Crippen LogP contribution is -2.52. The zero-order chi connectivity index (χ0) is 26.5. The Kier molecular flexibility index (Phi) is 9.20. The molecule has 2 unspecified atom stereocenters. The van der Waals surface area contributed by atoms with Gasteiger partial charge in [0, 0.05) is 18.5 Å². The summed E-state index contributed by atoms with van der Waals surface area (Å²) >= 11 is 4.23. The van der Waals surface area contributed by atoms with Gasteiger partial charge in [-0.15, -0.1) is 0 Å². The second kappa shape index (κ2) is 11.5. The summed E-state index contributed by atoms with van der Waals surface area (Å²) in [6.07, 6.45) is -0.754. The Hall–Kier alpha value is -3.20. The number of aryl methyl sites for hydroxylation is 3. The number of likely N-dealkylation sites (N-methyl/N-ethyl adjacent to an activating group) is 1. The third-order valence-corrected chi connectivity index (χ3v) is 5.79. The lowest BCUT2D eigenvalue weighted by atomic mass is 10.0. The number of thiol groups is 1. The number of para-hydroxylation sites is 1. The molecule has 190 valence electrons. The predicted molar refractivity (Wildman–Crippen MR) is 140 cm³/mol. The largest absolute Gasteiger partial charge is 0.508 e. The number of hydrogen-bond donors (Lipinski definition) is 4. The molecule has 0 aromatic heterocycles. The van der Waals surface area contributed by atoms with Crippen molar-refractivity contribution >= 4 is 36.2 Å². The fraction of sp³-hybridized carbons (Fsp3) is 0.423. The zero-order valence-electron chi connectivity index (χ0n) is 21.3. The molecule has 2 atom stereocenters. The number of nitrogens with one attached hydrogen (secondary N) is 2. The van der Waals surface area contributed by atoms with Crippen molar-refractivity contribution < 1.29 is 24.2 Å². The zero-order valence-corrected chi connectivity index (χ0v) is 22.2. The maximum atomic E-state index is 13.6. The van der Waals surface area contributed by atoms with Gasteiger partial charge in [-0.1, -0.05) is 24.3 Å². The Balaban J connectivity index is 2.41. The molecule has 0 heterocycles. The molecule has 0 radical (unpaired) electrons. The number of alkyl carbamates (subject to hydrolysis) is 1. The molecular formula is C26H35N3O5S. The van der Waals surface area contributed by atoms with E-state index in [-0.39, 0.29) is 11.5 Å². The Labute approximate surface area is 212 Å². The number of amides is 3. The van der Waals surface area contributed by atoms with Crippen LogP contribution in [0.1, 0.15) is 49.1 Å². The number of aromatic hydroxyl groups is 1. The lowest BCUT2D eigenvalue weighted by Gasteiger charge is -2.31. The number of carbonyl (C=O) groups is 3. The average molecular weight is 502 g/mol. The minimum absolute atomic E-state index is 0.00224. The van der Waals surface area contributed by atoms with Crippen molar-refractivity contribution in [2.24, 2.45) is 0 Å². The van der Waals surface area contributed by atoms with Gasteiger partial charge < -0.3 is 25.4 Å². The number of benzene rings is 2. The summed E-state index contributed by atoms with van der Waals surface area (Å²) < 4.78 is 5.26. The van der Waals surface area contributed by atoms with E-state index in [2.05, 4.69) is 23.3 Å². The molecule has 0 aliphatic heterocycles. The van der Waals surface area contributed by atoms with Crippen LogP contribution in [0.25, 0.3) is 0 Å². The first-order chi connectivity index (χ1) is 16.2. The normalized spacial score (nSPS) is 12.9. The highest BCUT2D eigenvalue weighted by molar-refractivity contribution is 7.80. The summed E-state index contributed by atoms with van der Waals surface area (Å²) in [6.45, 7) is 10.6. The molecule has 3 N–H and O–H groups in total. The van der Waals surface area contributed by atoms with Gasteiger partial charge in [0.15, 0.2) is 0 Å². The van der Waals surface area contributed by atoms with Gasteiger partial charge in [0.25, 0.3) is 5.91 Å². The van der Waals surface area contributed by atoms with E-state index in [0.717, 1.165) is 11.1 Å². The fourth-order valence-corrected chi connectivity index (χ4v) is 3.86. The van der Waals surface area contributed by atoms with Crippen LogP contribution in [-0.4, -0.2) is 52.4 Å². The molecule has 2 rings (SSSR count). The van der Waals surface area contributed by atoms with Crippen molar-refractivity contribution in [2.45, 2.75) is 59.2 Å². The van der Waals surface area contributed by atoms with Crippen LogP contribution in [0.4, 0.5) is 10.5 Å². The standard InChI is InChI=1S/C26H35N3O5S/c1-15-9-8-10-16(2)21(15)28-23(31)22(18-11-12-20(30)17(3)13-18)29(7)24(32)19(14-35)27-25(33)34-26(4,5)6/h8-13,19,22,30,35H,14H2,1-7H3,(H,27,33)(H,28,31). The highest BCUT2D eigenvalue weighted by Gasteiger charge is 2.34. The van der Waals surface area contributed by atoms with Crippen LogP contribution in [0, 0.1) is 20.8 Å². The predicted octanol–water partition coefficient (Wildman–Crippen LogP) is 4.28. The minimum atomic E-state index is -1.04. The van der Waals surface area contributed by atoms with Crippen molar-refractivity contribution in [1.29, 1.82) is 0 Å². The molecule has 0 fully saturated rings. The average Bonchev–Trinajstić information content (AvgIpc) is 2.75. The van der Waals surface area contributed by atoms with Gasteiger partial charge in [0.05, 0.1) is 0 Å². The molecule has 0 aliphatic carbocycles. The van der Waals surface area contributed by atoms with Crippen molar-refractivity contribution in [3.63, 3.8) is 0 Å². The first-order valence-electron chi connectivity index (χ1n) is 11.3. The maximum Gasteiger partial charge on any atom is 0.408 e. The van der Waals surface area contributed by atoms with Gasteiger partial charge in [-0.25, -0.2) is 4.79 Å². The molecule has 0 spiro atoms. The maximum absolute atomic E-state index is 13.6. The Morgan fingerprint density at radius 3 is 2.17 bits per heavy atom. The lowest BCUT2D eigenvalue weighted by molar-refractivity contribution is -0.138. The van der Waals surface area contributed by atoms with Crippen molar-refractivity contribution in [1.82, 2.24) is 10.2 Å². The monoisotopic (exact) mass is 501 g/mol. The van der Waals surface area contributed by atoms with Gasteiger partial charge >= 0.3 is 6.09 Å². The van der Waals surface area contributed by atoms with Crippen LogP contribution in [0.5, 0.6) is 5.75 Å². The van der Waals surface area contributed by atoms with Crippen LogP contribution in [0.3, 0.4) is 0 Å². The summed E-state index contributed by atoms with van der Waals surface area (Å²) in [5.41, 5.74) is 2.76. The molecule has 2 aromatic carbocycles. The van der Waals surface area contributed by atoms with Crippen LogP contribution in [-0.2, 0) is 14.3 Å². The highest BCUT2D eigenvalue weighted by atomic mass is 32.1. The van der Waals surface area contributed by atoms with E-state index in [1.807, 2.05) is 32.0 Å².